The summed E-state index contributed by atoms with van der Waals surface area (Å²) in [5, 5.41) is 2.51. The lowest BCUT2D eigenvalue weighted by atomic mass is 10.3. The van der Waals surface area contributed by atoms with Crippen LogP contribution in [0.1, 0.15) is 19.8 Å². The molecule has 0 heterocycles. The van der Waals surface area contributed by atoms with Crippen molar-refractivity contribution in [2.24, 2.45) is 0 Å². The molecule has 3 N–H and O–H groups in total. The second-order valence-electron chi connectivity index (χ2n) is 4.91. The number of nitrogens with one attached hydrogen (secondary N) is 3. The Morgan fingerprint density at radius 1 is 1.14 bits per heavy atom. The molecule has 1 fully saturated rings. The van der Waals surface area contributed by atoms with Gasteiger partial charge in [0.25, 0.3) is 5.91 Å². The van der Waals surface area contributed by atoms with Crippen LogP contribution in [0.25, 0.3) is 0 Å². The monoisotopic (exact) mass is 369 g/mol. The number of halogens is 1. The summed E-state index contributed by atoms with van der Waals surface area (Å²) < 4.78 is 6.31. The maximum absolute atomic E-state index is 11.8. The maximum Gasteiger partial charge on any atom is 0.327 e. The Labute approximate surface area is 135 Å². The van der Waals surface area contributed by atoms with Crippen molar-refractivity contribution in [1.82, 2.24) is 16.2 Å². The first-order valence-electron chi connectivity index (χ1n) is 6.78. The van der Waals surface area contributed by atoms with E-state index in [1.54, 1.807) is 24.3 Å². The van der Waals surface area contributed by atoms with Crippen LogP contribution in [0, 0.1) is 0 Å². The summed E-state index contributed by atoms with van der Waals surface area (Å²) in [6.07, 6.45) is 0.931. The molecule has 0 aliphatic heterocycles. The molecule has 0 radical (unpaired) electrons. The first kappa shape index (κ1) is 16.3. The van der Waals surface area contributed by atoms with E-state index < -0.39 is 23.8 Å². The average molecular weight is 370 g/mol. The van der Waals surface area contributed by atoms with Crippen molar-refractivity contribution in [2.45, 2.75) is 31.9 Å². The predicted octanol–water partition coefficient (Wildman–Crippen LogP) is 0.642. The molecule has 7 nitrogen and oxygen atoms in total. The van der Waals surface area contributed by atoms with Crippen LogP contribution in [-0.4, -0.2) is 29.9 Å². The van der Waals surface area contributed by atoms with Crippen molar-refractivity contribution in [1.29, 1.82) is 0 Å². The lowest BCUT2D eigenvalue weighted by Crippen LogP contribution is -2.51. The predicted molar refractivity (Wildman–Crippen MR) is 81.7 cm³/mol. The van der Waals surface area contributed by atoms with Gasteiger partial charge in [-0.3, -0.25) is 25.2 Å². The van der Waals surface area contributed by atoms with Crippen LogP contribution in [0.3, 0.4) is 0 Å². The van der Waals surface area contributed by atoms with Crippen molar-refractivity contribution in [2.75, 3.05) is 0 Å². The summed E-state index contributed by atoms with van der Waals surface area (Å²) in [6, 6.07) is 7.05. The zero-order valence-corrected chi connectivity index (χ0v) is 13.5. The molecule has 1 aliphatic rings. The van der Waals surface area contributed by atoms with Gasteiger partial charge in [0, 0.05) is 10.5 Å². The van der Waals surface area contributed by atoms with Crippen molar-refractivity contribution in [3.05, 3.63) is 28.7 Å². The number of carbonyl (C=O) groups is 3. The first-order chi connectivity index (χ1) is 10.5. The van der Waals surface area contributed by atoms with Gasteiger partial charge >= 0.3 is 11.8 Å². The lowest BCUT2D eigenvalue weighted by molar-refractivity contribution is -0.141. The van der Waals surface area contributed by atoms with Gasteiger partial charge in [0.05, 0.1) is 0 Å². The molecule has 1 saturated carbocycles. The highest BCUT2D eigenvalue weighted by Crippen LogP contribution is 2.18. The summed E-state index contributed by atoms with van der Waals surface area (Å²) in [7, 11) is 0. The molecular formula is C14H16BrN3O4. The molecule has 0 unspecified atom stereocenters. The molecule has 1 aromatic carbocycles. The van der Waals surface area contributed by atoms with Gasteiger partial charge in [-0.15, -0.1) is 0 Å². The average Bonchev–Trinajstić information content (AvgIpc) is 3.30. The minimum Gasteiger partial charge on any atom is -0.481 e. The van der Waals surface area contributed by atoms with E-state index in [-0.39, 0.29) is 6.04 Å². The van der Waals surface area contributed by atoms with E-state index >= 15 is 0 Å². The number of hydrazine groups is 1. The Morgan fingerprint density at radius 2 is 1.77 bits per heavy atom. The molecule has 22 heavy (non-hydrogen) atoms. The third-order valence-corrected chi connectivity index (χ3v) is 3.44. The third-order valence-electron chi connectivity index (χ3n) is 2.91. The first-order valence-corrected chi connectivity index (χ1v) is 7.58. The zero-order valence-electron chi connectivity index (χ0n) is 11.9. The number of hydrogen-bond donors (Lipinski definition) is 3. The Hall–Kier alpha value is -2.09. The van der Waals surface area contributed by atoms with E-state index in [4.69, 9.17) is 4.74 Å². The number of hydrogen-bond acceptors (Lipinski definition) is 4. The smallest absolute Gasteiger partial charge is 0.327 e. The minimum atomic E-state index is -0.906. The lowest BCUT2D eigenvalue weighted by Gasteiger charge is -2.15. The Morgan fingerprint density at radius 3 is 2.36 bits per heavy atom. The van der Waals surface area contributed by atoms with Crippen molar-refractivity contribution < 1.29 is 19.1 Å². The fraction of sp³-hybridized carbons (Fsp3) is 0.357. The van der Waals surface area contributed by atoms with Crippen molar-refractivity contribution in [3.8, 4) is 5.75 Å². The van der Waals surface area contributed by atoms with Gasteiger partial charge in [-0.05, 0) is 44.0 Å². The summed E-state index contributed by atoms with van der Waals surface area (Å²) in [6.45, 7) is 1.54. The second kappa shape index (κ2) is 7.26. The molecule has 1 atom stereocenters. The Balaban J connectivity index is 1.74. The standard InChI is InChI=1S/C14H16BrN3O4/c1-8(22-11-6-2-9(15)3-7-11)12(19)17-18-14(21)13(20)16-10-4-5-10/h2-3,6-8,10H,4-5H2,1H3,(H,16,20)(H,17,19)(H,18,21)/t8-/m1/s1. The number of rotatable bonds is 4. The van der Waals surface area contributed by atoms with E-state index in [1.165, 1.54) is 6.92 Å². The number of amides is 3. The Kier molecular flexibility index (Phi) is 5.37. The summed E-state index contributed by atoms with van der Waals surface area (Å²) in [4.78, 5) is 34.6. The molecule has 0 bridgehead atoms. The van der Waals surface area contributed by atoms with Gasteiger partial charge in [-0.25, -0.2) is 0 Å². The number of ether oxygens (including phenoxy) is 1. The SMILES string of the molecule is C[C@@H](Oc1ccc(Br)cc1)C(=O)NNC(=O)C(=O)NC1CC1. The molecule has 8 heteroatoms. The highest BCUT2D eigenvalue weighted by Gasteiger charge is 2.26. The molecule has 2 rings (SSSR count). The van der Waals surface area contributed by atoms with E-state index in [0.29, 0.717) is 5.75 Å². The summed E-state index contributed by atoms with van der Waals surface area (Å²) in [5.41, 5.74) is 4.21. The van der Waals surface area contributed by atoms with Crippen LogP contribution < -0.4 is 20.9 Å². The molecule has 3 amide bonds. The summed E-state index contributed by atoms with van der Waals surface area (Å²) in [5.74, 6) is -1.71. The number of carbonyl (C=O) groups excluding carboxylic acids is 3. The molecule has 118 valence electrons. The van der Waals surface area contributed by atoms with Crippen LogP contribution in [-0.2, 0) is 14.4 Å². The van der Waals surface area contributed by atoms with Gasteiger partial charge in [-0.1, -0.05) is 15.9 Å². The molecule has 0 spiro atoms. The molecular weight excluding hydrogens is 354 g/mol. The van der Waals surface area contributed by atoms with Crippen LogP contribution in [0.15, 0.2) is 28.7 Å². The molecule has 1 aromatic rings. The quantitative estimate of drug-likeness (QED) is 0.536. The molecule has 0 aromatic heterocycles. The minimum absolute atomic E-state index is 0.0774. The largest absolute Gasteiger partial charge is 0.481 e. The van der Waals surface area contributed by atoms with Gasteiger partial charge in [0.2, 0.25) is 0 Å². The van der Waals surface area contributed by atoms with Gasteiger partial charge in [0.1, 0.15) is 5.75 Å². The van der Waals surface area contributed by atoms with Crippen molar-refractivity contribution in [3.63, 3.8) is 0 Å². The van der Waals surface area contributed by atoms with E-state index in [1.807, 2.05) is 0 Å². The van der Waals surface area contributed by atoms with Crippen LogP contribution in [0.4, 0.5) is 0 Å². The van der Waals surface area contributed by atoms with Crippen molar-refractivity contribution >= 4 is 33.7 Å². The normalized spacial score (nSPS) is 14.6. The second-order valence-corrected chi connectivity index (χ2v) is 5.82. The topological polar surface area (TPSA) is 96.5 Å². The zero-order chi connectivity index (χ0) is 16.1. The van der Waals surface area contributed by atoms with E-state index in [0.717, 1.165) is 17.3 Å². The van der Waals surface area contributed by atoms with Crippen LogP contribution in [0.2, 0.25) is 0 Å². The number of benzene rings is 1. The maximum atomic E-state index is 11.8. The van der Waals surface area contributed by atoms with Gasteiger partial charge in [-0.2, -0.15) is 0 Å². The molecule has 0 saturated heterocycles. The highest BCUT2D eigenvalue weighted by atomic mass is 79.9. The third kappa shape index (κ3) is 5.03. The highest BCUT2D eigenvalue weighted by molar-refractivity contribution is 9.10. The van der Waals surface area contributed by atoms with Crippen LogP contribution >= 0.6 is 15.9 Å². The Bertz CT molecular complexity index is 572. The van der Waals surface area contributed by atoms with E-state index in [9.17, 15) is 14.4 Å². The summed E-state index contributed by atoms with van der Waals surface area (Å²) >= 11 is 3.30. The van der Waals surface area contributed by atoms with Gasteiger partial charge < -0.3 is 10.1 Å². The van der Waals surface area contributed by atoms with Crippen LogP contribution in [0.5, 0.6) is 5.75 Å². The van der Waals surface area contributed by atoms with E-state index in [2.05, 4.69) is 32.1 Å². The molecule has 1 aliphatic carbocycles. The fourth-order valence-electron chi connectivity index (χ4n) is 1.53. The fourth-order valence-corrected chi connectivity index (χ4v) is 1.79. The van der Waals surface area contributed by atoms with Gasteiger partial charge in [0.15, 0.2) is 6.10 Å².